The monoisotopic (exact) mass is 386 g/mol. The molecule has 1 heterocycles. The van der Waals surface area contributed by atoms with Crippen LogP contribution in [0.3, 0.4) is 0 Å². The Balaban J connectivity index is 2.01. The number of likely N-dealkylation sites (N-methyl/N-ethyl adjacent to an activating group) is 1. The molecule has 1 aromatic rings. The van der Waals surface area contributed by atoms with Crippen LogP contribution < -0.4 is 4.74 Å². The van der Waals surface area contributed by atoms with Gasteiger partial charge in [0, 0.05) is 25.7 Å². The van der Waals surface area contributed by atoms with Crippen LogP contribution in [0.4, 0.5) is 0 Å². The first-order chi connectivity index (χ1) is 13.2. The van der Waals surface area contributed by atoms with Gasteiger partial charge in [0.1, 0.15) is 23.9 Å². The molecule has 2 rings (SSSR count). The largest absolute Gasteiger partial charge is 0.508 e. The number of hydrogen-bond acceptors (Lipinski definition) is 5. The van der Waals surface area contributed by atoms with E-state index in [1.165, 1.54) is 0 Å². The van der Waals surface area contributed by atoms with Crippen molar-refractivity contribution in [2.45, 2.75) is 26.9 Å². The van der Waals surface area contributed by atoms with Gasteiger partial charge >= 0.3 is 0 Å². The first-order valence-corrected chi connectivity index (χ1v) is 9.36. The Hall–Kier alpha value is -2.73. The number of benzene rings is 1. The lowest BCUT2D eigenvalue weighted by Gasteiger charge is -2.16. The van der Waals surface area contributed by atoms with Crippen LogP contribution in [0.15, 0.2) is 54.0 Å². The van der Waals surface area contributed by atoms with E-state index in [0.29, 0.717) is 19.7 Å². The highest BCUT2D eigenvalue weighted by Crippen LogP contribution is 2.28. The van der Waals surface area contributed by atoms with E-state index >= 15 is 0 Å². The van der Waals surface area contributed by atoms with Gasteiger partial charge in [-0.1, -0.05) is 26.5 Å². The van der Waals surface area contributed by atoms with Crippen LogP contribution >= 0.6 is 0 Å². The third-order valence-corrected chi connectivity index (χ3v) is 4.35. The molecule has 0 spiro atoms. The summed E-state index contributed by atoms with van der Waals surface area (Å²) in [6, 6.07) is 5.82. The van der Waals surface area contributed by atoms with Crippen molar-refractivity contribution in [1.29, 1.82) is 0 Å². The summed E-state index contributed by atoms with van der Waals surface area (Å²) in [6.45, 7) is 9.80. The Labute approximate surface area is 167 Å². The van der Waals surface area contributed by atoms with E-state index in [1.807, 2.05) is 51.0 Å². The molecule has 0 saturated carbocycles. The predicted molar refractivity (Wildman–Crippen MR) is 110 cm³/mol. The van der Waals surface area contributed by atoms with E-state index in [9.17, 15) is 15.0 Å². The lowest BCUT2D eigenvalue weighted by molar-refractivity contribution is -0.127. The van der Waals surface area contributed by atoms with Gasteiger partial charge in [-0.05, 0) is 49.3 Å². The van der Waals surface area contributed by atoms with Crippen LogP contribution in [0, 0.1) is 5.92 Å². The fourth-order valence-electron chi connectivity index (χ4n) is 2.87. The van der Waals surface area contributed by atoms with Gasteiger partial charge in [0.2, 0.25) is 0 Å². The van der Waals surface area contributed by atoms with Gasteiger partial charge < -0.3 is 24.7 Å². The molecule has 152 valence electrons. The summed E-state index contributed by atoms with van der Waals surface area (Å²) < 4.78 is 5.75. The minimum Gasteiger partial charge on any atom is -0.508 e. The van der Waals surface area contributed by atoms with E-state index in [2.05, 4.69) is 6.58 Å². The maximum Gasteiger partial charge on any atom is 0.257 e. The fraction of sp³-hybridized carbons (Fsp3) is 0.409. The van der Waals surface area contributed by atoms with Gasteiger partial charge in [-0.25, -0.2) is 0 Å². The van der Waals surface area contributed by atoms with Crippen LogP contribution in [0.5, 0.6) is 5.75 Å². The van der Waals surface area contributed by atoms with Crippen LogP contribution in [0.2, 0.25) is 0 Å². The molecule has 0 unspecified atom stereocenters. The van der Waals surface area contributed by atoms with Gasteiger partial charge in [0.25, 0.3) is 5.91 Å². The highest BCUT2D eigenvalue weighted by molar-refractivity contribution is 5.96. The molecular weight excluding hydrogens is 356 g/mol. The smallest absolute Gasteiger partial charge is 0.257 e. The molecule has 6 nitrogen and oxygen atoms in total. The van der Waals surface area contributed by atoms with Crippen LogP contribution in [0.25, 0.3) is 0 Å². The molecule has 0 aliphatic carbocycles. The molecule has 1 aliphatic heterocycles. The van der Waals surface area contributed by atoms with Gasteiger partial charge in [-0.2, -0.15) is 0 Å². The van der Waals surface area contributed by atoms with Gasteiger partial charge in [0.15, 0.2) is 0 Å². The second-order valence-electron chi connectivity index (χ2n) is 7.59. The van der Waals surface area contributed by atoms with Crippen LogP contribution in [-0.2, 0) is 17.9 Å². The summed E-state index contributed by atoms with van der Waals surface area (Å²) in [7, 11) is 3.98. The molecule has 1 amide bonds. The lowest BCUT2D eigenvalue weighted by Crippen LogP contribution is -2.27. The predicted octanol–water partition coefficient (Wildman–Crippen LogP) is 3.57. The summed E-state index contributed by atoms with van der Waals surface area (Å²) in [5.74, 6) is 0.113. The molecule has 0 radical (unpaired) electrons. The number of hydrogen-bond donors (Lipinski definition) is 2. The third kappa shape index (κ3) is 5.89. The summed E-state index contributed by atoms with van der Waals surface area (Å²) in [6.07, 6.45) is 2.73. The van der Waals surface area contributed by atoms with Gasteiger partial charge in [-0.3, -0.25) is 4.79 Å². The van der Waals surface area contributed by atoms with E-state index in [1.54, 1.807) is 11.0 Å². The highest BCUT2D eigenvalue weighted by atomic mass is 16.5. The Morgan fingerprint density at radius 3 is 2.61 bits per heavy atom. The number of allylic oxidation sites excluding steroid dienone is 2. The molecule has 1 aromatic carbocycles. The molecule has 0 fully saturated rings. The Morgan fingerprint density at radius 1 is 1.29 bits per heavy atom. The highest BCUT2D eigenvalue weighted by Gasteiger charge is 2.26. The molecule has 28 heavy (non-hydrogen) atoms. The Kier molecular flexibility index (Phi) is 7.29. The first-order valence-electron chi connectivity index (χ1n) is 9.36. The van der Waals surface area contributed by atoms with E-state index in [4.69, 9.17) is 4.74 Å². The molecular formula is C22H30N2O4. The SMILES string of the molecule is C=C(C(=O)N1Cc2ccc(OCCN(C)C)cc2C1)/C(O)=C\C(O)=C\C(C)C. The van der Waals surface area contributed by atoms with Crippen LogP contribution in [-0.4, -0.2) is 53.2 Å². The molecule has 6 heteroatoms. The number of aliphatic hydroxyl groups is 2. The zero-order valence-corrected chi connectivity index (χ0v) is 17.1. The summed E-state index contributed by atoms with van der Waals surface area (Å²) in [5.41, 5.74) is 2.03. The molecule has 1 aliphatic rings. The second kappa shape index (κ2) is 9.46. The van der Waals surface area contributed by atoms with Crippen molar-refractivity contribution in [3.63, 3.8) is 0 Å². The molecule has 0 aromatic heterocycles. The van der Waals surface area contributed by atoms with E-state index in [0.717, 1.165) is 29.5 Å². The van der Waals surface area contributed by atoms with Crippen molar-refractivity contribution < 1.29 is 19.7 Å². The molecule has 0 bridgehead atoms. The minimum atomic E-state index is -0.364. The third-order valence-electron chi connectivity index (χ3n) is 4.35. The number of aliphatic hydroxyl groups excluding tert-OH is 2. The average molecular weight is 386 g/mol. The van der Waals surface area contributed by atoms with Gasteiger partial charge in [-0.15, -0.1) is 0 Å². The van der Waals surface area contributed by atoms with Crippen molar-refractivity contribution in [1.82, 2.24) is 9.80 Å². The van der Waals surface area contributed by atoms with Crippen molar-refractivity contribution in [3.05, 3.63) is 65.1 Å². The first kappa shape index (κ1) is 21.6. The number of carbonyl (C=O) groups excluding carboxylic acids is 1. The number of amides is 1. The van der Waals surface area contributed by atoms with Crippen LogP contribution in [0.1, 0.15) is 25.0 Å². The normalized spacial score (nSPS) is 14.6. The maximum atomic E-state index is 12.7. The average Bonchev–Trinajstić information content (AvgIpc) is 3.02. The van der Waals surface area contributed by atoms with Gasteiger partial charge in [0.05, 0.1) is 5.57 Å². The molecule has 0 saturated heterocycles. The summed E-state index contributed by atoms with van der Waals surface area (Å²) in [5, 5.41) is 19.9. The van der Waals surface area contributed by atoms with Crippen molar-refractivity contribution in [2.24, 2.45) is 5.92 Å². The molecule has 0 atom stereocenters. The maximum absolute atomic E-state index is 12.7. The fourth-order valence-corrected chi connectivity index (χ4v) is 2.87. The Morgan fingerprint density at radius 2 is 1.96 bits per heavy atom. The lowest BCUT2D eigenvalue weighted by atomic mass is 10.1. The number of fused-ring (bicyclic) bond motifs is 1. The zero-order chi connectivity index (χ0) is 20.8. The zero-order valence-electron chi connectivity index (χ0n) is 17.1. The van der Waals surface area contributed by atoms with Crippen molar-refractivity contribution in [3.8, 4) is 5.75 Å². The number of rotatable bonds is 8. The summed E-state index contributed by atoms with van der Waals surface area (Å²) in [4.78, 5) is 16.3. The quantitative estimate of drug-likeness (QED) is 0.406. The number of nitrogens with zero attached hydrogens (tertiary/aromatic N) is 2. The number of ether oxygens (including phenoxy) is 1. The Bertz CT molecular complexity index is 794. The van der Waals surface area contributed by atoms with E-state index < -0.39 is 0 Å². The molecule has 2 N–H and O–H groups in total. The number of carbonyl (C=O) groups is 1. The topological polar surface area (TPSA) is 73.2 Å². The van der Waals surface area contributed by atoms with E-state index in [-0.39, 0.29) is 28.9 Å². The minimum absolute atomic E-state index is 0.0426. The second-order valence-corrected chi connectivity index (χ2v) is 7.59. The van der Waals surface area contributed by atoms with Crippen molar-refractivity contribution in [2.75, 3.05) is 27.2 Å². The summed E-state index contributed by atoms with van der Waals surface area (Å²) >= 11 is 0. The standard InChI is InChI=1S/C22H30N2O4/c1-15(2)10-19(25)12-21(26)16(3)22(27)24-13-17-6-7-20(11-18(17)14-24)28-9-8-23(4)5/h6-7,10-12,15,25-26H,3,8-9,13-14H2,1-2,4-5H3/b19-10-,21-12+. The van der Waals surface area contributed by atoms with Crippen molar-refractivity contribution >= 4 is 5.91 Å².